The van der Waals surface area contributed by atoms with E-state index in [1.165, 1.54) is 32.4 Å². The molecule has 0 heterocycles. The van der Waals surface area contributed by atoms with Gasteiger partial charge < -0.3 is 19.5 Å². The summed E-state index contributed by atoms with van der Waals surface area (Å²) in [6.07, 6.45) is -0.0713. The van der Waals surface area contributed by atoms with E-state index in [9.17, 15) is 14.4 Å². The Labute approximate surface area is 163 Å². The third-order valence-corrected chi connectivity index (χ3v) is 4.13. The Morgan fingerprint density at radius 1 is 1.00 bits per heavy atom. The van der Waals surface area contributed by atoms with Crippen molar-refractivity contribution in [3.8, 4) is 5.75 Å². The van der Waals surface area contributed by atoms with Crippen molar-refractivity contribution in [2.45, 2.75) is 26.4 Å². The molecule has 0 saturated carbocycles. The summed E-state index contributed by atoms with van der Waals surface area (Å²) in [5.41, 5.74) is 1.42. The number of aryl methyl sites for hydroxylation is 1. The Kier molecular flexibility index (Phi) is 7.14. The van der Waals surface area contributed by atoms with Gasteiger partial charge in [-0.25, -0.2) is 9.59 Å². The molecule has 2 rings (SSSR count). The maximum absolute atomic E-state index is 12.6. The highest BCUT2D eigenvalue weighted by molar-refractivity contribution is 6.04. The standard InChI is InChI=1S/C21H23NO6/c1-5-14-8-6-7-9-18(14)28-13(2)19(23)22-17-12-15(20(24)26-3)10-11-16(17)21(25)27-4/h6-13H,5H2,1-4H3,(H,22,23). The third kappa shape index (κ3) is 4.88. The number of hydrogen-bond donors (Lipinski definition) is 1. The minimum absolute atomic E-state index is 0.115. The zero-order valence-electron chi connectivity index (χ0n) is 16.3. The summed E-state index contributed by atoms with van der Waals surface area (Å²) in [5.74, 6) is -1.09. The Morgan fingerprint density at radius 2 is 1.68 bits per heavy atom. The summed E-state index contributed by atoms with van der Waals surface area (Å²) in [6.45, 7) is 3.59. The van der Waals surface area contributed by atoms with Gasteiger partial charge in [0.1, 0.15) is 5.75 Å². The number of amides is 1. The second kappa shape index (κ2) is 9.55. The van der Waals surface area contributed by atoms with Gasteiger partial charge in [0, 0.05) is 0 Å². The average molecular weight is 385 g/mol. The van der Waals surface area contributed by atoms with Crippen LogP contribution < -0.4 is 10.1 Å². The normalized spacial score (nSPS) is 11.3. The number of carbonyl (C=O) groups excluding carboxylic acids is 3. The fourth-order valence-corrected chi connectivity index (χ4v) is 2.57. The molecule has 0 aromatic heterocycles. The van der Waals surface area contributed by atoms with E-state index < -0.39 is 23.9 Å². The predicted octanol–water partition coefficient (Wildman–Crippen LogP) is 3.23. The number of para-hydroxylation sites is 1. The van der Waals surface area contributed by atoms with Gasteiger partial charge in [0.25, 0.3) is 5.91 Å². The molecule has 0 fully saturated rings. The topological polar surface area (TPSA) is 90.9 Å². The molecule has 0 bridgehead atoms. The number of esters is 2. The summed E-state index contributed by atoms with van der Waals surface area (Å²) < 4.78 is 15.2. The fourth-order valence-electron chi connectivity index (χ4n) is 2.57. The highest BCUT2D eigenvalue weighted by atomic mass is 16.5. The molecule has 1 amide bonds. The van der Waals surface area contributed by atoms with Crippen LogP contribution in [0.1, 0.15) is 40.1 Å². The van der Waals surface area contributed by atoms with Crippen molar-refractivity contribution < 1.29 is 28.6 Å². The van der Waals surface area contributed by atoms with Crippen LogP contribution >= 0.6 is 0 Å². The maximum atomic E-state index is 12.6. The summed E-state index contributed by atoms with van der Waals surface area (Å²) in [5, 5.41) is 2.63. The molecule has 1 unspecified atom stereocenters. The van der Waals surface area contributed by atoms with E-state index in [-0.39, 0.29) is 16.8 Å². The fraction of sp³-hybridized carbons (Fsp3) is 0.286. The molecule has 28 heavy (non-hydrogen) atoms. The predicted molar refractivity (Wildman–Crippen MR) is 104 cm³/mol. The molecule has 0 aliphatic heterocycles. The number of nitrogens with one attached hydrogen (secondary N) is 1. The van der Waals surface area contributed by atoms with Crippen molar-refractivity contribution in [3.05, 3.63) is 59.2 Å². The highest BCUT2D eigenvalue weighted by Crippen LogP contribution is 2.22. The zero-order valence-corrected chi connectivity index (χ0v) is 16.3. The van der Waals surface area contributed by atoms with Crippen molar-refractivity contribution in [1.82, 2.24) is 0 Å². The molecule has 0 spiro atoms. The lowest BCUT2D eigenvalue weighted by Gasteiger charge is -2.18. The van der Waals surface area contributed by atoms with Gasteiger partial charge in [-0.05, 0) is 43.2 Å². The zero-order chi connectivity index (χ0) is 20.7. The number of anilines is 1. The third-order valence-electron chi connectivity index (χ3n) is 4.13. The van der Waals surface area contributed by atoms with Crippen LogP contribution in [0, 0.1) is 0 Å². The molecule has 0 aliphatic rings. The number of rotatable bonds is 7. The first-order chi connectivity index (χ1) is 13.4. The van der Waals surface area contributed by atoms with E-state index in [1.54, 1.807) is 13.0 Å². The molecule has 1 atom stereocenters. The van der Waals surface area contributed by atoms with Gasteiger partial charge in [-0.15, -0.1) is 0 Å². The van der Waals surface area contributed by atoms with Crippen molar-refractivity contribution >= 4 is 23.5 Å². The number of methoxy groups -OCH3 is 2. The first kappa shape index (κ1) is 21.0. The minimum Gasteiger partial charge on any atom is -0.481 e. The Morgan fingerprint density at radius 3 is 2.32 bits per heavy atom. The van der Waals surface area contributed by atoms with E-state index in [4.69, 9.17) is 9.47 Å². The molecule has 7 nitrogen and oxygen atoms in total. The van der Waals surface area contributed by atoms with Gasteiger partial charge in [-0.1, -0.05) is 25.1 Å². The molecule has 7 heteroatoms. The lowest BCUT2D eigenvalue weighted by atomic mass is 10.1. The average Bonchev–Trinajstić information content (AvgIpc) is 2.72. The van der Waals surface area contributed by atoms with Gasteiger partial charge in [0.2, 0.25) is 0 Å². The number of hydrogen-bond acceptors (Lipinski definition) is 6. The van der Waals surface area contributed by atoms with Gasteiger partial charge >= 0.3 is 11.9 Å². The quantitative estimate of drug-likeness (QED) is 0.736. The Bertz CT molecular complexity index is 877. The molecule has 0 aliphatic carbocycles. The van der Waals surface area contributed by atoms with Crippen molar-refractivity contribution in [2.24, 2.45) is 0 Å². The van der Waals surface area contributed by atoms with Crippen LogP contribution in [0.5, 0.6) is 5.75 Å². The molecular formula is C21H23NO6. The molecule has 0 saturated heterocycles. The smallest absolute Gasteiger partial charge is 0.339 e. The van der Waals surface area contributed by atoms with Crippen LogP contribution in [-0.4, -0.2) is 38.2 Å². The summed E-state index contributed by atoms with van der Waals surface area (Å²) >= 11 is 0. The van der Waals surface area contributed by atoms with Crippen LogP contribution in [-0.2, 0) is 20.7 Å². The molecule has 1 N–H and O–H groups in total. The number of ether oxygens (including phenoxy) is 3. The lowest BCUT2D eigenvalue weighted by Crippen LogP contribution is -2.31. The van der Waals surface area contributed by atoms with E-state index in [0.29, 0.717) is 5.75 Å². The molecule has 2 aromatic rings. The van der Waals surface area contributed by atoms with Crippen LogP contribution in [0.15, 0.2) is 42.5 Å². The number of benzene rings is 2. The van der Waals surface area contributed by atoms with Gasteiger partial charge in [0.15, 0.2) is 6.10 Å². The van der Waals surface area contributed by atoms with Gasteiger partial charge in [0.05, 0.1) is 31.0 Å². The highest BCUT2D eigenvalue weighted by Gasteiger charge is 2.21. The van der Waals surface area contributed by atoms with Crippen LogP contribution in [0.25, 0.3) is 0 Å². The van der Waals surface area contributed by atoms with Crippen LogP contribution in [0.2, 0.25) is 0 Å². The SMILES string of the molecule is CCc1ccccc1OC(C)C(=O)Nc1cc(C(=O)OC)ccc1C(=O)OC. The minimum atomic E-state index is -0.833. The van der Waals surface area contributed by atoms with E-state index in [2.05, 4.69) is 10.1 Å². The van der Waals surface area contributed by atoms with Crippen molar-refractivity contribution in [2.75, 3.05) is 19.5 Å². The largest absolute Gasteiger partial charge is 0.481 e. The molecule has 148 valence electrons. The second-order valence-corrected chi connectivity index (χ2v) is 5.95. The van der Waals surface area contributed by atoms with E-state index >= 15 is 0 Å². The number of carbonyl (C=O) groups is 3. The first-order valence-corrected chi connectivity index (χ1v) is 8.77. The first-order valence-electron chi connectivity index (χ1n) is 8.77. The summed E-state index contributed by atoms with van der Waals surface area (Å²) in [7, 11) is 2.48. The molecule has 0 radical (unpaired) electrons. The maximum Gasteiger partial charge on any atom is 0.339 e. The second-order valence-electron chi connectivity index (χ2n) is 5.95. The lowest BCUT2D eigenvalue weighted by molar-refractivity contribution is -0.122. The Balaban J connectivity index is 2.25. The van der Waals surface area contributed by atoms with Crippen molar-refractivity contribution in [1.29, 1.82) is 0 Å². The summed E-state index contributed by atoms with van der Waals surface area (Å²) in [6, 6.07) is 11.6. The van der Waals surface area contributed by atoms with Gasteiger partial charge in [-0.3, -0.25) is 4.79 Å². The van der Waals surface area contributed by atoms with Gasteiger partial charge in [-0.2, -0.15) is 0 Å². The summed E-state index contributed by atoms with van der Waals surface area (Å²) in [4.78, 5) is 36.4. The van der Waals surface area contributed by atoms with E-state index in [0.717, 1.165) is 12.0 Å². The molecular weight excluding hydrogens is 362 g/mol. The monoisotopic (exact) mass is 385 g/mol. The van der Waals surface area contributed by atoms with Crippen molar-refractivity contribution in [3.63, 3.8) is 0 Å². The van der Waals surface area contributed by atoms with Crippen LogP contribution in [0.4, 0.5) is 5.69 Å². The van der Waals surface area contributed by atoms with Crippen LogP contribution in [0.3, 0.4) is 0 Å². The van der Waals surface area contributed by atoms with E-state index in [1.807, 2.05) is 25.1 Å². The Hall–Kier alpha value is -3.35. The molecule has 2 aromatic carbocycles.